The van der Waals surface area contributed by atoms with Crippen LogP contribution in [-0.2, 0) is 0 Å². The largest absolute Gasteiger partial charge is 0.470 e. The molecular formula is C10H16N2OS. The van der Waals surface area contributed by atoms with E-state index in [1.54, 1.807) is 17.5 Å². The topological polar surface area (TPSA) is 34.1 Å². The Balaban J connectivity index is 1.62. The first-order valence-corrected chi connectivity index (χ1v) is 6.09. The molecule has 0 amide bonds. The molecule has 4 heteroatoms. The summed E-state index contributed by atoms with van der Waals surface area (Å²) in [5.74, 6) is 0. The average molecular weight is 212 g/mol. The molecule has 1 atom stereocenters. The van der Waals surface area contributed by atoms with E-state index < -0.39 is 0 Å². The number of nitrogens with one attached hydrogen (secondary N) is 1. The van der Waals surface area contributed by atoms with Crippen LogP contribution in [0.1, 0.15) is 25.7 Å². The van der Waals surface area contributed by atoms with Gasteiger partial charge in [0.05, 0.1) is 6.61 Å². The molecule has 0 aromatic carbocycles. The van der Waals surface area contributed by atoms with Crippen molar-refractivity contribution in [2.45, 2.75) is 31.7 Å². The van der Waals surface area contributed by atoms with Crippen LogP contribution in [-0.4, -0.2) is 24.2 Å². The second kappa shape index (κ2) is 5.32. The Morgan fingerprint density at radius 2 is 2.57 bits per heavy atom. The van der Waals surface area contributed by atoms with E-state index in [0.29, 0.717) is 6.04 Å². The quantitative estimate of drug-likeness (QED) is 0.829. The van der Waals surface area contributed by atoms with Gasteiger partial charge in [0.15, 0.2) is 0 Å². The van der Waals surface area contributed by atoms with Crippen molar-refractivity contribution in [3.05, 3.63) is 11.6 Å². The van der Waals surface area contributed by atoms with Crippen LogP contribution in [0.2, 0.25) is 0 Å². The minimum atomic E-state index is 0.656. The van der Waals surface area contributed by atoms with Crippen LogP contribution in [0.5, 0.6) is 5.19 Å². The number of thiazole rings is 1. The Bertz CT molecular complexity index is 245. The predicted molar refractivity (Wildman–Crippen MR) is 57.9 cm³/mol. The van der Waals surface area contributed by atoms with Crippen LogP contribution in [0.3, 0.4) is 0 Å². The van der Waals surface area contributed by atoms with Crippen LogP contribution >= 0.6 is 11.3 Å². The fourth-order valence-electron chi connectivity index (χ4n) is 1.74. The fourth-order valence-corrected chi connectivity index (χ4v) is 2.25. The number of piperidine rings is 1. The predicted octanol–water partition coefficient (Wildman–Crippen LogP) is 2.05. The summed E-state index contributed by atoms with van der Waals surface area (Å²) in [6.45, 7) is 1.95. The highest BCUT2D eigenvalue weighted by molar-refractivity contribution is 7.11. The Kier molecular flexibility index (Phi) is 3.77. The van der Waals surface area contributed by atoms with Gasteiger partial charge in [0.25, 0.3) is 5.19 Å². The van der Waals surface area contributed by atoms with Crippen LogP contribution < -0.4 is 10.1 Å². The SMILES string of the molecule is c1csc(OCC[C@@H]2CCCCN2)n1. The third kappa shape index (κ3) is 2.96. The van der Waals surface area contributed by atoms with Gasteiger partial charge in [-0.3, -0.25) is 0 Å². The van der Waals surface area contributed by atoms with Crippen molar-refractivity contribution in [2.24, 2.45) is 0 Å². The molecular weight excluding hydrogens is 196 g/mol. The fraction of sp³-hybridized carbons (Fsp3) is 0.700. The first-order chi connectivity index (χ1) is 6.95. The van der Waals surface area contributed by atoms with E-state index >= 15 is 0 Å². The van der Waals surface area contributed by atoms with Crippen molar-refractivity contribution in [1.29, 1.82) is 0 Å². The lowest BCUT2D eigenvalue weighted by Gasteiger charge is -2.22. The molecule has 3 nitrogen and oxygen atoms in total. The van der Waals surface area contributed by atoms with Crippen molar-refractivity contribution in [2.75, 3.05) is 13.2 Å². The molecule has 1 aliphatic heterocycles. The number of ether oxygens (including phenoxy) is 1. The van der Waals surface area contributed by atoms with E-state index in [0.717, 1.165) is 18.2 Å². The maximum Gasteiger partial charge on any atom is 0.273 e. The number of nitrogens with zero attached hydrogens (tertiary/aromatic N) is 1. The number of rotatable bonds is 4. The van der Waals surface area contributed by atoms with E-state index in [1.807, 2.05) is 5.38 Å². The molecule has 0 saturated carbocycles. The van der Waals surface area contributed by atoms with Gasteiger partial charge in [-0.1, -0.05) is 17.8 Å². The van der Waals surface area contributed by atoms with Gasteiger partial charge in [-0.05, 0) is 25.8 Å². The number of hydrogen-bond acceptors (Lipinski definition) is 4. The molecule has 0 bridgehead atoms. The molecule has 1 aromatic rings. The average Bonchev–Trinajstić information content (AvgIpc) is 2.72. The molecule has 0 spiro atoms. The van der Waals surface area contributed by atoms with Crippen LogP contribution in [0, 0.1) is 0 Å². The van der Waals surface area contributed by atoms with Crippen LogP contribution in [0.4, 0.5) is 0 Å². The summed E-state index contributed by atoms with van der Waals surface area (Å²) in [7, 11) is 0. The van der Waals surface area contributed by atoms with Gasteiger partial charge < -0.3 is 10.1 Å². The first kappa shape index (κ1) is 9.93. The van der Waals surface area contributed by atoms with Crippen molar-refractivity contribution in [3.8, 4) is 5.19 Å². The van der Waals surface area contributed by atoms with Crippen molar-refractivity contribution in [3.63, 3.8) is 0 Å². The van der Waals surface area contributed by atoms with Gasteiger partial charge in [-0.25, -0.2) is 4.98 Å². The lowest BCUT2D eigenvalue weighted by atomic mass is 10.0. The van der Waals surface area contributed by atoms with Crippen molar-refractivity contribution >= 4 is 11.3 Å². The summed E-state index contributed by atoms with van der Waals surface area (Å²) in [5.41, 5.74) is 0. The molecule has 1 aromatic heterocycles. The zero-order chi connectivity index (χ0) is 9.64. The van der Waals surface area contributed by atoms with E-state index in [1.165, 1.54) is 25.8 Å². The van der Waals surface area contributed by atoms with Gasteiger partial charge in [-0.15, -0.1) is 0 Å². The molecule has 1 aliphatic rings. The zero-order valence-corrected chi connectivity index (χ0v) is 9.05. The Hall–Kier alpha value is -0.610. The molecule has 0 aliphatic carbocycles. The highest BCUT2D eigenvalue weighted by Crippen LogP contribution is 2.15. The van der Waals surface area contributed by atoms with Gasteiger partial charge in [0.2, 0.25) is 0 Å². The summed E-state index contributed by atoms with van der Waals surface area (Å²) < 4.78 is 5.52. The lowest BCUT2D eigenvalue weighted by Crippen LogP contribution is -2.35. The minimum Gasteiger partial charge on any atom is -0.470 e. The Labute approximate surface area is 88.5 Å². The standard InChI is InChI=1S/C10H16N2OS/c1-2-5-11-9(3-1)4-7-13-10-12-6-8-14-10/h6,8-9,11H,1-5,7H2/t9-/m0/s1. The molecule has 14 heavy (non-hydrogen) atoms. The summed E-state index contributed by atoms with van der Waals surface area (Å²) in [6, 6.07) is 0.656. The molecule has 2 heterocycles. The molecule has 1 saturated heterocycles. The lowest BCUT2D eigenvalue weighted by molar-refractivity contribution is 0.267. The van der Waals surface area contributed by atoms with E-state index in [9.17, 15) is 0 Å². The second-order valence-corrected chi connectivity index (χ2v) is 4.44. The molecule has 1 N–H and O–H groups in total. The zero-order valence-electron chi connectivity index (χ0n) is 8.24. The summed E-state index contributed by atoms with van der Waals surface area (Å²) in [6.07, 6.45) is 6.85. The summed E-state index contributed by atoms with van der Waals surface area (Å²) in [4.78, 5) is 4.07. The first-order valence-electron chi connectivity index (χ1n) is 5.21. The monoisotopic (exact) mass is 212 g/mol. The Morgan fingerprint density at radius 3 is 3.29 bits per heavy atom. The second-order valence-electron chi connectivity index (χ2n) is 3.58. The van der Waals surface area contributed by atoms with Gasteiger partial charge in [-0.2, -0.15) is 0 Å². The number of aromatic nitrogens is 1. The van der Waals surface area contributed by atoms with Crippen molar-refractivity contribution < 1.29 is 4.74 Å². The smallest absolute Gasteiger partial charge is 0.273 e. The van der Waals surface area contributed by atoms with E-state index in [4.69, 9.17) is 4.74 Å². The maximum atomic E-state index is 5.52. The molecule has 78 valence electrons. The van der Waals surface area contributed by atoms with Crippen LogP contribution in [0.15, 0.2) is 11.6 Å². The summed E-state index contributed by atoms with van der Waals surface area (Å²) >= 11 is 1.56. The van der Waals surface area contributed by atoms with Gasteiger partial charge in [0.1, 0.15) is 0 Å². The highest BCUT2D eigenvalue weighted by atomic mass is 32.1. The van der Waals surface area contributed by atoms with E-state index in [2.05, 4.69) is 10.3 Å². The normalized spacial score (nSPS) is 22.1. The minimum absolute atomic E-state index is 0.656. The number of hydrogen-bond donors (Lipinski definition) is 1. The van der Waals surface area contributed by atoms with E-state index in [-0.39, 0.29) is 0 Å². The third-order valence-corrected chi connectivity index (χ3v) is 3.20. The third-order valence-electron chi connectivity index (χ3n) is 2.51. The molecule has 0 radical (unpaired) electrons. The Morgan fingerprint density at radius 1 is 1.57 bits per heavy atom. The van der Waals surface area contributed by atoms with Gasteiger partial charge >= 0.3 is 0 Å². The maximum absolute atomic E-state index is 5.52. The molecule has 0 unspecified atom stereocenters. The van der Waals surface area contributed by atoms with Gasteiger partial charge in [0, 0.05) is 17.6 Å². The summed E-state index contributed by atoms with van der Waals surface area (Å²) in [5, 5.41) is 6.23. The molecule has 2 rings (SSSR count). The van der Waals surface area contributed by atoms with Crippen LogP contribution in [0.25, 0.3) is 0 Å². The van der Waals surface area contributed by atoms with Crippen molar-refractivity contribution in [1.82, 2.24) is 10.3 Å². The molecule has 1 fully saturated rings. The highest BCUT2D eigenvalue weighted by Gasteiger charge is 2.12.